The van der Waals surface area contributed by atoms with Crippen molar-refractivity contribution in [3.05, 3.63) is 47.5 Å². The van der Waals surface area contributed by atoms with Gasteiger partial charge in [0.1, 0.15) is 5.82 Å². The van der Waals surface area contributed by atoms with E-state index in [0.717, 1.165) is 0 Å². The third kappa shape index (κ3) is 2.60. The number of benzene rings is 2. The molecule has 2 rings (SSSR count). The van der Waals surface area contributed by atoms with Gasteiger partial charge in [0, 0.05) is 10.9 Å². The molecule has 1 N–H and O–H groups in total. The minimum Gasteiger partial charge on any atom is -0.505 e. The lowest BCUT2D eigenvalue weighted by atomic mass is 9.96. The van der Waals surface area contributed by atoms with E-state index in [-0.39, 0.29) is 10.9 Å². The smallest absolute Gasteiger partial charge is 0.172 e. The van der Waals surface area contributed by atoms with Crippen molar-refractivity contribution in [2.24, 2.45) is 0 Å². The van der Waals surface area contributed by atoms with Crippen LogP contribution in [-0.4, -0.2) is 5.11 Å². The minimum absolute atomic E-state index is 0.221. The number of hydrogen-bond acceptors (Lipinski definition) is 1. The fourth-order valence-electron chi connectivity index (χ4n) is 2.04. The van der Waals surface area contributed by atoms with E-state index in [1.807, 2.05) is 20.8 Å². The molecule has 2 aromatic carbocycles. The molecule has 0 fully saturated rings. The zero-order valence-corrected chi connectivity index (χ0v) is 11.4. The molecule has 0 bridgehead atoms. The molecule has 0 heterocycles. The summed E-state index contributed by atoms with van der Waals surface area (Å²) in [6.07, 6.45) is 1.95. The van der Waals surface area contributed by atoms with Gasteiger partial charge >= 0.3 is 0 Å². The first-order valence-electron chi connectivity index (χ1n) is 6.35. The molecule has 1 nitrogen and oxygen atoms in total. The van der Waals surface area contributed by atoms with Crippen LogP contribution in [0.1, 0.15) is 31.9 Å². The summed E-state index contributed by atoms with van der Waals surface area (Å²) in [6, 6.07) is 3.86. The highest BCUT2D eigenvalue weighted by molar-refractivity contribution is 5.94. The summed E-state index contributed by atoms with van der Waals surface area (Å²) in [6.45, 7) is 9.41. The van der Waals surface area contributed by atoms with Gasteiger partial charge in [0.25, 0.3) is 0 Å². The lowest BCUT2D eigenvalue weighted by Gasteiger charge is -2.11. The van der Waals surface area contributed by atoms with E-state index in [1.54, 1.807) is 0 Å². The summed E-state index contributed by atoms with van der Waals surface area (Å²) >= 11 is 0. The molecule has 19 heavy (non-hydrogen) atoms. The van der Waals surface area contributed by atoms with Crippen molar-refractivity contribution < 1.29 is 13.9 Å². The Hall–Kier alpha value is -1.90. The van der Waals surface area contributed by atoms with Gasteiger partial charge < -0.3 is 5.11 Å². The van der Waals surface area contributed by atoms with Crippen LogP contribution in [0.2, 0.25) is 0 Å². The lowest BCUT2D eigenvalue weighted by molar-refractivity contribution is 0.435. The molecule has 0 spiro atoms. The van der Waals surface area contributed by atoms with Crippen LogP contribution in [0.3, 0.4) is 0 Å². The molecule has 0 radical (unpaired) electrons. The Morgan fingerprint density at radius 2 is 1.89 bits per heavy atom. The fourth-order valence-corrected chi connectivity index (χ4v) is 2.04. The Morgan fingerprint density at radius 1 is 1.26 bits per heavy atom. The van der Waals surface area contributed by atoms with Crippen molar-refractivity contribution in [3.8, 4) is 5.75 Å². The molecule has 0 aliphatic carbocycles. The van der Waals surface area contributed by atoms with Gasteiger partial charge in [-0.2, -0.15) is 0 Å². The molecular formula is C16H18F2O. The van der Waals surface area contributed by atoms with E-state index < -0.39 is 17.4 Å². The fraction of sp³-hybridized carbons (Fsp3) is 0.250. The molecule has 102 valence electrons. The maximum absolute atomic E-state index is 13.8. The van der Waals surface area contributed by atoms with Gasteiger partial charge in [-0.1, -0.05) is 33.4 Å². The average Bonchev–Trinajstić information content (AvgIpc) is 2.44. The summed E-state index contributed by atoms with van der Waals surface area (Å²) in [5, 5.41) is 10.2. The van der Waals surface area contributed by atoms with E-state index in [4.69, 9.17) is 0 Å². The van der Waals surface area contributed by atoms with Gasteiger partial charge in [-0.05, 0) is 35.6 Å². The van der Waals surface area contributed by atoms with Crippen LogP contribution in [0.15, 0.2) is 24.8 Å². The molecule has 3 heteroatoms. The minimum atomic E-state index is -0.722. The zero-order chi connectivity index (χ0) is 14.6. The topological polar surface area (TPSA) is 20.2 Å². The average molecular weight is 264 g/mol. The van der Waals surface area contributed by atoms with E-state index in [0.29, 0.717) is 17.4 Å². The number of phenols is 1. The Morgan fingerprint density at radius 3 is 2.42 bits per heavy atom. The first kappa shape index (κ1) is 15.2. The van der Waals surface area contributed by atoms with Crippen LogP contribution in [-0.2, 0) is 6.42 Å². The van der Waals surface area contributed by atoms with Crippen molar-refractivity contribution in [3.63, 3.8) is 0 Å². The monoisotopic (exact) mass is 264 g/mol. The summed E-state index contributed by atoms with van der Waals surface area (Å²) in [4.78, 5) is 0. The van der Waals surface area contributed by atoms with Gasteiger partial charge in [-0.3, -0.25) is 0 Å². The van der Waals surface area contributed by atoms with Crippen LogP contribution in [0.4, 0.5) is 8.78 Å². The highest BCUT2D eigenvalue weighted by atomic mass is 19.1. The van der Waals surface area contributed by atoms with Gasteiger partial charge in [-0.25, -0.2) is 8.78 Å². The van der Waals surface area contributed by atoms with Crippen molar-refractivity contribution in [1.82, 2.24) is 0 Å². The summed E-state index contributed by atoms with van der Waals surface area (Å²) in [5.74, 6) is -1.57. The molecule has 0 unspecified atom stereocenters. The van der Waals surface area contributed by atoms with E-state index in [1.165, 1.54) is 24.3 Å². The molecule has 0 saturated carbocycles. The first-order chi connectivity index (χ1) is 9.10. The quantitative estimate of drug-likeness (QED) is 0.804. The largest absolute Gasteiger partial charge is 0.505 e. The van der Waals surface area contributed by atoms with Crippen LogP contribution in [0.5, 0.6) is 5.75 Å². The second-order valence-electron chi connectivity index (χ2n) is 3.81. The van der Waals surface area contributed by atoms with Gasteiger partial charge in [0.15, 0.2) is 11.6 Å². The third-order valence-corrected chi connectivity index (χ3v) is 2.87. The highest BCUT2D eigenvalue weighted by Gasteiger charge is 2.15. The predicted octanol–water partition coefficient (Wildman–Crippen LogP) is 5.06. The molecule has 0 saturated heterocycles. The molecule has 0 atom stereocenters. The van der Waals surface area contributed by atoms with Crippen molar-refractivity contribution in [2.75, 3.05) is 0 Å². The maximum Gasteiger partial charge on any atom is 0.172 e. The number of fused-ring (bicyclic) bond motifs is 1. The van der Waals surface area contributed by atoms with Crippen LogP contribution >= 0.6 is 0 Å². The number of halogens is 2. The number of phenolic OH excluding ortho intramolecular Hbond substituents is 1. The van der Waals surface area contributed by atoms with Crippen LogP contribution in [0, 0.1) is 11.6 Å². The van der Waals surface area contributed by atoms with Gasteiger partial charge in [0.2, 0.25) is 0 Å². The van der Waals surface area contributed by atoms with E-state index in [9.17, 15) is 13.9 Å². The standard InChI is InChI=1S/C14H12F2O.C2H6/c1-3-8-7-12(17)14(16)10-5-6-11(15)9(4-2)13(8)10;1-2/h4-7,17H,2-3H2,1H3;1-2H3. The maximum atomic E-state index is 13.8. The third-order valence-electron chi connectivity index (χ3n) is 2.87. The number of aromatic hydroxyl groups is 1. The Balaban J connectivity index is 0.000000861. The highest BCUT2D eigenvalue weighted by Crippen LogP contribution is 2.33. The summed E-state index contributed by atoms with van der Waals surface area (Å²) in [5.41, 5.74) is 0.978. The second-order valence-corrected chi connectivity index (χ2v) is 3.81. The number of hydrogen-bond donors (Lipinski definition) is 1. The second kappa shape index (κ2) is 6.32. The summed E-state index contributed by atoms with van der Waals surface area (Å²) < 4.78 is 27.4. The molecule has 0 aliphatic heterocycles. The van der Waals surface area contributed by atoms with Gasteiger partial charge in [-0.15, -0.1) is 0 Å². The molecule has 0 amide bonds. The van der Waals surface area contributed by atoms with E-state index >= 15 is 0 Å². The molecule has 0 aromatic heterocycles. The number of rotatable bonds is 2. The van der Waals surface area contributed by atoms with Crippen LogP contribution in [0.25, 0.3) is 16.8 Å². The van der Waals surface area contributed by atoms with Crippen molar-refractivity contribution >= 4 is 16.8 Å². The molecule has 2 aromatic rings. The lowest BCUT2D eigenvalue weighted by Crippen LogP contribution is -1.94. The molecule has 0 aliphatic rings. The Kier molecular flexibility index (Phi) is 5.04. The Bertz CT molecular complexity index is 603. The number of aryl methyl sites for hydroxylation is 1. The Labute approximate surface area is 112 Å². The summed E-state index contributed by atoms with van der Waals surface area (Å²) in [7, 11) is 0. The predicted molar refractivity (Wildman–Crippen MR) is 76.3 cm³/mol. The normalized spacial score (nSPS) is 9.95. The van der Waals surface area contributed by atoms with E-state index in [2.05, 4.69) is 6.58 Å². The molecular weight excluding hydrogens is 246 g/mol. The van der Waals surface area contributed by atoms with Crippen LogP contribution < -0.4 is 0 Å². The van der Waals surface area contributed by atoms with Crippen molar-refractivity contribution in [1.29, 1.82) is 0 Å². The van der Waals surface area contributed by atoms with Gasteiger partial charge in [0.05, 0.1) is 0 Å². The SMILES string of the molecule is C=Cc1c(F)ccc2c(F)c(O)cc(CC)c12.CC. The zero-order valence-electron chi connectivity index (χ0n) is 11.4. The van der Waals surface area contributed by atoms with Crippen molar-refractivity contribution in [2.45, 2.75) is 27.2 Å². The first-order valence-corrected chi connectivity index (χ1v) is 6.35.